The molecule has 4 rings (SSSR count). The number of amides is 2. The van der Waals surface area contributed by atoms with Crippen molar-refractivity contribution in [1.29, 1.82) is 0 Å². The summed E-state index contributed by atoms with van der Waals surface area (Å²) in [5.74, 6) is -2.57. The van der Waals surface area contributed by atoms with Gasteiger partial charge in [0.25, 0.3) is 0 Å². The zero-order valence-corrected chi connectivity index (χ0v) is 18.1. The molecule has 0 aliphatic carbocycles. The molecule has 2 saturated heterocycles. The van der Waals surface area contributed by atoms with E-state index >= 15 is 0 Å². The lowest BCUT2D eigenvalue weighted by atomic mass is 9.76. The van der Waals surface area contributed by atoms with E-state index in [9.17, 15) is 14.4 Å². The lowest BCUT2D eigenvalue weighted by molar-refractivity contribution is -0.155. The van der Waals surface area contributed by atoms with Crippen molar-refractivity contribution in [1.82, 2.24) is 5.32 Å². The van der Waals surface area contributed by atoms with Gasteiger partial charge >= 0.3 is 5.97 Å². The molecule has 2 aromatic rings. The Morgan fingerprint density at radius 3 is 2.35 bits per heavy atom. The van der Waals surface area contributed by atoms with Crippen molar-refractivity contribution in [2.24, 2.45) is 11.8 Å². The first-order valence-corrected chi connectivity index (χ1v) is 10.9. The summed E-state index contributed by atoms with van der Waals surface area (Å²) >= 11 is 0. The maximum absolute atomic E-state index is 13.7. The van der Waals surface area contributed by atoms with Crippen molar-refractivity contribution in [2.75, 3.05) is 11.5 Å². The van der Waals surface area contributed by atoms with Crippen LogP contribution in [0.15, 0.2) is 54.6 Å². The van der Waals surface area contributed by atoms with E-state index in [1.54, 1.807) is 31.2 Å². The molecule has 2 amide bonds. The molecule has 2 aliphatic rings. The molecular weight excluding hydrogens is 392 g/mol. The summed E-state index contributed by atoms with van der Waals surface area (Å²) in [4.78, 5) is 41.9. The van der Waals surface area contributed by atoms with E-state index in [1.807, 2.05) is 44.2 Å². The van der Waals surface area contributed by atoms with Crippen molar-refractivity contribution in [3.8, 4) is 0 Å². The third-order valence-corrected chi connectivity index (χ3v) is 6.48. The second-order valence-electron chi connectivity index (χ2n) is 8.27. The maximum Gasteiger partial charge on any atom is 0.327 e. The average molecular weight is 421 g/mol. The minimum absolute atomic E-state index is 0.211. The van der Waals surface area contributed by atoms with Gasteiger partial charge in [0, 0.05) is 6.04 Å². The predicted molar refractivity (Wildman–Crippen MR) is 117 cm³/mol. The van der Waals surface area contributed by atoms with E-state index in [2.05, 4.69) is 5.32 Å². The highest BCUT2D eigenvalue weighted by molar-refractivity contribution is 6.24. The summed E-state index contributed by atoms with van der Waals surface area (Å²) < 4.78 is 5.45. The van der Waals surface area contributed by atoms with Gasteiger partial charge in [-0.3, -0.25) is 19.7 Å². The zero-order chi connectivity index (χ0) is 22.2. The number of nitrogens with zero attached hydrogens (tertiary/aromatic N) is 1. The van der Waals surface area contributed by atoms with Crippen molar-refractivity contribution >= 4 is 23.5 Å². The van der Waals surface area contributed by atoms with Crippen molar-refractivity contribution < 1.29 is 19.1 Å². The number of aryl methyl sites for hydroxylation is 1. The van der Waals surface area contributed by atoms with Crippen LogP contribution in [0.5, 0.6) is 0 Å². The Balaban J connectivity index is 1.88. The summed E-state index contributed by atoms with van der Waals surface area (Å²) in [6.45, 7) is 5.91. The van der Waals surface area contributed by atoms with E-state index in [-0.39, 0.29) is 18.4 Å². The van der Waals surface area contributed by atoms with Gasteiger partial charge in [-0.25, -0.2) is 4.90 Å². The first kappa shape index (κ1) is 21.2. The summed E-state index contributed by atoms with van der Waals surface area (Å²) in [6, 6.07) is 16.3. The zero-order valence-electron chi connectivity index (χ0n) is 18.1. The van der Waals surface area contributed by atoms with Crippen molar-refractivity contribution in [3.63, 3.8) is 0 Å². The highest BCUT2D eigenvalue weighted by Crippen LogP contribution is 2.52. The number of fused-ring (bicyclic) bond motifs is 1. The SMILES string of the molecule is CCC[C@]1(C(=O)OCC)N[C@H](c2ccccc2C)[C@H]2C(=O)N(c3ccccc3)C(=O)[C@H]21. The van der Waals surface area contributed by atoms with Gasteiger partial charge in [-0.15, -0.1) is 0 Å². The van der Waals surface area contributed by atoms with Gasteiger partial charge < -0.3 is 4.74 Å². The van der Waals surface area contributed by atoms with Gasteiger partial charge in [0.1, 0.15) is 5.54 Å². The molecule has 2 heterocycles. The second-order valence-corrected chi connectivity index (χ2v) is 8.27. The number of carbonyl (C=O) groups excluding carboxylic acids is 3. The number of hydrogen-bond acceptors (Lipinski definition) is 5. The predicted octanol–water partition coefficient (Wildman–Crippen LogP) is 3.55. The summed E-state index contributed by atoms with van der Waals surface area (Å²) in [7, 11) is 0. The number of esters is 1. The number of hydrogen-bond donors (Lipinski definition) is 1. The number of ether oxygens (including phenoxy) is 1. The van der Waals surface area contributed by atoms with Gasteiger partial charge in [-0.05, 0) is 43.5 Å². The molecule has 0 unspecified atom stereocenters. The average Bonchev–Trinajstić information content (AvgIpc) is 3.24. The van der Waals surface area contributed by atoms with Crippen LogP contribution in [0.4, 0.5) is 5.69 Å². The number of rotatable bonds is 6. The number of anilines is 1. The first-order chi connectivity index (χ1) is 15.0. The van der Waals surface area contributed by atoms with Crippen molar-refractivity contribution in [3.05, 3.63) is 65.7 Å². The molecule has 2 aromatic carbocycles. The summed E-state index contributed by atoms with van der Waals surface area (Å²) in [5, 5.41) is 3.44. The van der Waals surface area contributed by atoms with Crippen LogP contribution in [0.3, 0.4) is 0 Å². The highest BCUT2D eigenvalue weighted by atomic mass is 16.5. The standard InChI is InChI=1S/C25H28N2O4/c1-4-15-25(24(30)31-5-2)20-19(21(26-25)18-14-10-9-11-16(18)3)22(28)27(23(20)29)17-12-7-6-8-13-17/h6-14,19-21,26H,4-5,15H2,1-3H3/t19-,20-,21+,25-/m0/s1. The molecule has 2 aliphatic heterocycles. The van der Waals surface area contributed by atoms with Crippen LogP contribution in [-0.2, 0) is 19.1 Å². The van der Waals surface area contributed by atoms with Crippen LogP contribution in [0.25, 0.3) is 0 Å². The number of carbonyl (C=O) groups is 3. The minimum Gasteiger partial charge on any atom is -0.465 e. The topological polar surface area (TPSA) is 75.7 Å². The van der Waals surface area contributed by atoms with E-state index in [1.165, 1.54) is 4.90 Å². The maximum atomic E-state index is 13.7. The smallest absolute Gasteiger partial charge is 0.327 e. The van der Waals surface area contributed by atoms with E-state index in [4.69, 9.17) is 4.74 Å². The molecule has 6 nitrogen and oxygen atoms in total. The van der Waals surface area contributed by atoms with Gasteiger partial charge in [0.2, 0.25) is 11.8 Å². The highest BCUT2D eigenvalue weighted by Gasteiger charge is 2.68. The van der Waals surface area contributed by atoms with E-state index < -0.39 is 29.4 Å². The quantitative estimate of drug-likeness (QED) is 0.571. The van der Waals surface area contributed by atoms with Crippen LogP contribution >= 0.6 is 0 Å². The summed E-state index contributed by atoms with van der Waals surface area (Å²) in [5.41, 5.74) is 1.23. The molecule has 0 spiro atoms. The molecule has 0 aromatic heterocycles. The third kappa shape index (κ3) is 3.26. The van der Waals surface area contributed by atoms with Gasteiger partial charge in [-0.2, -0.15) is 0 Å². The number of benzene rings is 2. The minimum atomic E-state index is -1.24. The largest absolute Gasteiger partial charge is 0.465 e. The normalized spacial score (nSPS) is 27.5. The molecule has 0 saturated carbocycles. The fraction of sp³-hybridized carbons (Fsp3) is 0.400. The van der Waals surface area contributed by atoms with E-state index in [0.29, 0.717) is 18.5 Å². The van der Waals surface area contributed by atoms with Gasteiger partial charge in [0.05, 0.1) is 24.1 Å². The molecule has 4 atom stereocenters. The Morgan fingerprint density at radius 1 is 1.03 bits per heavy atom. The van der Waals surface area contributed by atoms with Gasteiger partial charge in [0.15, 0.2) is 0 Å². The Labute approximate surface area is 182 Å². The van der Waals surface area contributed by atoms with Gasteiger partial charge in [-0.1, -0.05) is 55.8 Å². The fourth-order valence-electron chi connectivity index (χ4n) is 5.21. The second kappa shape index (κ2) is 8.27. The monoisotopic (exact) mass is 420 g/mol. The van der Waals surface area contributed by atoms with Crippen LogP contribution in [0.2, 0.25) is 0 Å². The first-order valence-electron chi connectivity index (χ1n) is 10.9. The lowest BCUT2D eigenvalue weighted by Gasteiger charge is -2.32. The van der Waals surface area contributed by atoms with Crippen LogP contribution < -0.4 is 10.2 Å². The van der Waals surface area contributed by atoms with Crippen LogP contribution in [-0.4, -0.2) is 29.9 Å². The van der Waals surface area contributed by atoms with E-state index in [0.717, 1.165) is 11.1 Å². The Hall–Kier alpha value is -2.99. The lowest BCUT2D eigenvalue weighted by Crippen LogP contribution is -2.56. The number of para-hydroxylation sites is 1. The molecular formula is C25H28N2O4. The molecule has 2 fully saturated rings. The van der Waals surface area contributed by atoms with Crippen molar-refractivity contribution in [2.45, 2.75) is 45.2 Å². The summed E-state index contributed by atoms with van der Waals surface area (Å²) in [6.07, 6.45) is 1.08. The molecule has 0 bridgehead atoms. The fourth-order valence-corrected chi connectivity index (χ4v) is 5.21. The molecule has 31 heavy (non-hydrogen) atoms. The molecule has 6 heteroatoms. The molecule has 1 N–H and O–H groups in total. The Morgan fingerprint density at radius 2 is 1.71 bits per heavy atom. The molecule has 0 radical (unpaired) electrons. The number of imide groups is 1. The van der Waals surface area contributed by atoms with Crippen LogP contribution in [0.1, 0.15) is 43.9 Å². The van der Waals surface area contributed by atoms with Crippen LogP contribution in [0, 0.1) is 18.8 Å². The Kier molecular flexibility index (Phi) is 5.67. The third-order valence-electron chi connectivity index (χ3n) is 6.48. The molecule has 162 valence electrons. The Bertz CT molecular complexity index is 1010. The number of nitrogens with one attached hydrogen (secondary N) is 1.